The Morgan fingerprint density at radius 2 is 1.75 bits per heavy atom. The van der Waals surface area contributed by atoms with Crippen LogP contribution < -0.4 is 10.5 Å². The minimum absolute atomic E-state index is 0. The zero-order valence-electron chi connectivity index (χ0n) is 11.0. The maximum absolute atomic E-state index is 14.2. The first-order valence-electron chi connectivity index (χ1n) is 6.09. The van der Waals surface area contributed by atoms with E-state index in [2.05, 4.69) is 0 Å². The molecule has 0 aliphatic heterocycles. The Balaban J connectivity index is 0.00000200. The summed E-state index contributed by atoms with van der Waals surface area (Å²) in [6.07, 6.45) is 0.563. The summed E-state index contributed by atoms with van der Waals surface area (Å²) in [4.78, 5) is 0. The molecule has 0 heterocycles. The van der Waals surface area contributed by atoms with Gasteiger partial charge in [-0.2, -0.15) is 0 Å². The number of para-hydroxylation sites is 1. The van der Waals surface area contributed by atoms with Crippen molar-refractivity contribution >= 4 is 12.4 Å². The molecule has 0 saturated heterocycles. The number of ether oxygens (including phenoxy) is 1. The number of hydrogen-bond acceptors (Lipinski definition) is 2. The summed E-state index contributed by atoms with van der Waals surface area (Å²) >= 11 is 0. The summed E-state index contributed by atoms with van der Waals surface area (Å²) < 4.78 is 33.2. The summed E-state index contributed by atoms with van der Waals surface area (Å²) in [5.41, 5.74) is 6.05. The standard InChI is InChI=1S/C15H15F2NO.ClH/c1-2-13(18)11-8-9-12(16)15(14(11)17)19-10-6-4-3-5-7-10;/h3-9,13H,2,18H2,1H3;1H. The van der Waals surface area contributed by atoms with Gasteiger partial charge in [-0.25, -0.2) is 8.78 Å². The number of halogens is 3. The van der Waals surface area contributed by atoms with Crippen LogP contribution >= 0.6 is 12.4 Å². The van der Waals surface area contributed by atoms with E-state index in [0.717, 1.165) is 0 Å². The molecular formula is C15H16ClF2NO. The summed E-state index contributed by atoms with van der Waals surface area (Å²) in [5.74, 6) is -1.51. The molecule has 2 rings (SSSR count). The van der Waals surface area contributed by atoms with Gasteiger partial charge in [0.1, 0.15) is 5.75 Å². The predicted octanol–water partition coefficient (Wildman–Crippen LogP) is 4.59. The Hall–Kier alpha value is -1.65. The van der Waals surface area contributed by atoms with Crippen LogP contribution in [0.3, 0.4) is 0 Å². The fourth-order valence-corrected chi connectivity index (χ4v) is 1.75. The van der Waals surface area contributed by atoms with Crippen LogP contribution in [0, 0.1) is 11.6 Å². The molecule has 0 fully saturated rings. The fraction of sp³-hybridized carbons (Fsp3) is 0.200. The Morgan fingerprint density at radius 3 is 2.35 bits per heavy atom. The lowest BCUT2D eigenvalue weighted by Crippen LogP contribution is -2.11. The zero-order chi connectivity index (χ0) is 13.8. The van der Waals surface area contributed by atoms with Crippen molar-refractivity contribution in [3.8, 4) is 11.5 Å². The van der Waals surface area contributed by atoms with Crippen LogP contribution in [0.25, 0.3) is 0 Å². The van der Waals surface area contributed by atoms with Gasteiger partial charge in [0, 0.05) is 11.6 Å². The molecule has 0 aliphatic carbocycles. The first-order chi connectivity index (χ1) is 9.13. The monoisotopic (exact) mass is 299 g/mol. The van der Waals surface area contributed by atoms with E-state index >= 15 is 0 Å². The van der Waals surface area contributed by atoms with E-state index in [0.29, 0.717) is 12.2 Å². The Labute approximate surface area is 123 Å². The highest BCUT2D eigenvalue weighted by atomic mass is 35.5. The largest absolute Gasteiger partial charge is 0.451 e. The van der Waals surface area contributed by atoms with Crippen LogP contribution in [0.5, 0.6) is 11.5 Å². The van der Waals surface area contributed by atoms with E-state index in [-0.39, 0.29) is 18.0 Å². The minimum Gasteiger partial charge on any atom is -0.451 e. The molecule has 20 heavy (non-hydrogen) atoms. The normalized spacial score (nSPS) is 11.6. The van der Waals surface area contributed by atoms with Crippen molar-refractivity contribution in [2.24, 2.45) is 5.73 Å². The first-order valence-corrected chi connectivity index (χ1v) is 6.09. The zero-order valence-corrected chi connectivity index (χ0v) is 11.8. The van der Waals surface area contributed by atoms with E-state index in [1.165, 1.54) is 12.1 Å². The highest BCUT2D eigenvalue weighted by Gasteiger charge is 2.19. The third kappa shape index (κ3) is 3.46. The van der Waals surface area contributed by atoms with Crippen LogP contribution in [0.15, 0.2) is 42.5 Å². The quantitative estimate of drug-likeness (QED) is 0.896. The second kappa shape index (κ2) is 7.22. The van der Waals surface area contributed by atoms with Gasteiger partial charge in [0.05, 0.1) is 0 Å². The van der Waals surface area contributed by atoms with Crippen molar-refractivity contribution in [1.82, 2.24) is 0 Å². The molecule has 2 nitrogen and oxygen atoms in total. The van der Waals surface area contributed by atoms with Gasteiger partial charge in [-0.05, 0) is 24.6 Å². The van der Waals surface area contributed by atoms with Crippen molar-refractivity contribution in [2.75, 3.05) is 0 Å². The molecule has 0 bridgehead atoms. The topological polar surface area (TPSA) is 35.2 Å². The summed E-state index contributed by atoms with van der Waals surface area (Å²) in [7, 11) is 0. The molecule has 0 aromatic heterocycles. The van der Waals surface area contributed by atoms with E-state index in [1.807, 2.05) is 6.92 Å². The van der Waals surface area contributed by atoms with E-state index in [9.17, 15) is 8.78 Å². The molecular weight excluding hydrogens is 284 g/mol. The van der Waals surface area contributed by atoms with Crippen molar-refractivity contribution in [3.63, 3.8) is 0 Å². The molecule has 108 valence electrons. The predicted molar refractivity (Wildman–Crippen MR) is 77.3 cm³/mol. The summed E-state index contributed by atoms with van der Waals surface area (Å²) in [5, 5.41) is 0. The van der Waals surface area contributed by atoms with Gasteiger partial charge in [-0.15, -0.1) is 12.4 Å². The number of rotatable bonds is 4. The van der Waals surface area contributed by atoms with Crippen molar-refractivity contribution in [3.05, 3.63) is 59.7 Å². The average Bonchev–Trinajstić information content (AvgIpc) is 2.44. The van der Waals surface area contributed by atoms with Crippen molar-refractivity contribution in [1.29, 1.82) is 0 Å². The van der Waals surface area contributed by atoms with Crippen LogP contribution in [0.4, 0.5) is 8.78 Å². The fourth-order valence-electron chi connectivity index (χ4n) is 1.75. The SMILES string of the molecule is CCC(N)c1ccc(F)c(Oc2ccccc2)c1F.Cl. The molecule has 0 aliphatic rings. The lowest BCUT2D eigenvalue weighted by atomic mass is 10.0. The van der Waals surface area contributed by atoms with Gasteiger partial charge in [0.25, 0.3) is 0 Å². The van der Waals surface area contributed by atoms with E-state index in [4.69, 9.17) is 10.5 Å². The maximum atomic E-state index is 14.2. The molecule has 1 atom stereocenters. The lowest BCUT2D eigenvalue weighted by molar-refractivity contribution is 0.401. The smallest absolute Gasteiger partial charge is 0.198 e. The average molecular weight is 300 g/mol. The molecule has 0 radical (unpaired) electrons. The molecule has 2 aromatic carbocycles. The molecule has 2 aromatic rings. The molecule has 0 spiro atoms. The van der Waals surface area contributed by atoms with E-state index in [1.54, 1.807) is 30.3 Å². The first kappa shape index (κ1) is 16.4. The second-order valence-corrected chi connectivity index (χ2v) is 4.21. The third-order valence-electron chi connectivity index (χ3n) is 2.88. The van der Waals surface area contributed by atoms with Gasteiger partial charge >= 0.3 is 0 Å². The Morgan fingerprint density at radius 1 is 1.10 bits per heavy atom. The number of hydrogen-bond donors (Lipinski definition) is 1. The van der Waals surface area contributed by atoms with Crippen LogP contribution in [0.1, 0.15) is 24.9 Å². The number of nitrogens with two attached hydrogens (primary N) is 1. The van der Waals surface area contributed by atoms with Crippen LogP contribution in [0.2, 0.25) is 0 Å². The maximum Gasteiger partial charge on any atom is 0.198 e. The van der Waals surface area contributed by atoms with Gasteiger partial charge in [0.2, 0.25) is 0 Å². The highest BCUT2D eigenvalue weighted by molar-refractivity contribution is 5.85. The molecule has 0 amide bonds. The van der Waals surface area contributed by atoms with E-state index < -0.39 is 23.4 Å². The van der Waals surface area contributed by atoms with Crippen molar-refractivity contribution < 1.29 is 13.5 Å². The van der Waals surface area contributed by atoms with Gasteiger partial charge in [-0.3, -0.25) is 0 Å². The van der Waals surface area contributed by atoms with Crippen LogP contribution in [-0.4, -0.2) is 0 Å². The Kier molecular flexibility index (Phi) is 5.92. The van der Waals surface area contributed by atoms with Gasteiger partial charge in [-0.1, -0.05) is 31.2 Å². The van der Waals surface area contributed by atoms with Crippen molar-refractivity contribution in [2.45, 2.75) is 19.4 Å². The molecule has 5 heteroatoms. The lowest BCUT2D eigenvalue weighted by Gasteiger charge is -2.14. The molecule has 1 unspecified atom stereocenters. The van der Waals surface area contributed by atoms with Gasteiger partial charge < -0.3 is 10.5 Å². The van der Waals surface area contributed by atoms with Crippen LogP contribution in [-0.2, 0) is 0 Å². The Bertz CT molecular complexity index is 563. The highest BCUT2D eigenvalue weighted by Crippen LogP contribution is 2.31. The van der Waals surface area contributed by atoms with Gasteiger partial charge in [0.15, 0.2) is 17.4 Å². The molecule has 0 saturated carbocycles. The molecule has 2 N–H and O–H groups in total. The third-order valence-corrected chi connectivity index (χ3v) is 2.88. The number of benzene rings is 2. The summed E-state index contributed by atoms with van der Waals surface area (Å²) in [6, 6.07) is 10.6. The summed E-state index contributed by atoms with van der Waals surface area (Å²) in [6.45, 7) is 1.84. The second-order valence-electron chi connectivity index (χ2n) is 4.21. The minimum atomic E-state index is -0.742.